The summed E-state index contributed by atoms with van der Waals surface area (Å²) in [6.45, 7) is 0. The second-order valence-corrected chi connectivity index (χ2v) is 35.7. The summed E-state index contributed by atoms with van der Waals surface area (Å²) in [5, 5.41) is 24.9. The van der Waals surface area contributed by atoms with Gasteiger partial charge in [0, 0.05) is 113 Å². The van der Waals surface area contributed by atoms with E-state index in [1.807, 2.05) is 54.6 Å². The smallest absolute Gasteiger partial charge is 0.165 e. The van der Waals surface area contributed by atoms with Crippen molar-refractivity contribution >= 4 is 195 Å². The molecular weight excluding hydrogens is 1660 g/mol. The van der Waals surface area contributed by atoms with Crippen LogP contribution in [0.1, 0.15) is 0 Å². The maximum Gasteiger partial charge on any atom is 0.165 e. The molecule has 0 saturated carbocycles. The Labute approximate surface area is 768 Å². The molecule has 8 heterocycles. The van der Waals surface area contributed by atoms with E-state index >= 15 is 0 Å². The van der Waals surface area contributed by atoms with Crippen LogP contribution in [-0.2, 0) is 0 Å². The van der Waals surface area contributed by atoms with Gasteiger partial charge in [-0.25, -0.2) is 29.9 Å². The lowest BCUT2D eigenvalue weighted by atomic mass is 10.0. The van der Waals surface area contributed by atoms with Crippen LogP contribution in [0.2, 0.25) is 0 Å². The van der Waals surface area contributed by atoms with Crippen LogP contribution in [0.4, 0.5) is 0 Å². The average Bonchev–Trinajstić information content (AvgIpc) is 1.55. The molecule has 0 unspecified atom stereocenters. The second-order valence-electron chi connectivity index (χ2n) is 34.6. The molecule has 134 heavy (non-hydrogen) atoms. The van der Waals surface area contributed by atoms with Gasteiger partial charge in [0.15, 0.2) is 46.1 Å². The van der Waals surface area contributed by atoms with Crippen LogP contribution in [0, 0.1) is 0 Å². The van der Waals surface area contributed by atoms with E-state index in [-0.39, 0.29) is 0 Å². The summed E-state index contributed by atoms with van der Waals surface area (Å²) in [7, 11) is 0. The van der Waals surface area contributed by atoms with E-state index < -0.39 is 0 Å². The van der Waals surface area contributed by atoms with Crippen molar-refractivity contribution in [3.63, 3.8) is 0 Å². The number of aromatic nitrogens is 8. The molecule has 0 atom stereocenters. The first-order valence-corrected chi connectivity index (χ1v) is 45.9. The zero-order chi connectivity index (χ0) is 87.7. The summed E-state index contributed by atoms with van der Waals surface area (Å²) in [5.41, 5.74) is 21.0. The highest BCUT2D eigenvalue weighted by Gasteiger charge is 2.29. The van der Waals surface area contributed by atoms with E-state index in [2.05, 4.69) is 379 Å². The van der Waals surface area contributed by atoms with Gasteiger partial charge >= 0.3 is 0 Å². The van der Waals surface area contributed by atoms with E-state index in [4.69, 9.17) is 43.2 Å². The highest BCUT2D eigenvalue weighted by atomic mass is 32.1. The van der Waals surface area contributed by atoms with Gasteiger partial charge in [-0.3, -0.25) is 0 Å². The third-order valence-electron chi connectivity index (χ3n) is 27.0. The lowest BCUT2D eigenvalue weighted by Crippen LogP contribution is -2.01. The van der Waals surface area contributed by atoms with Gasteiger partial charge in [-0.1, -0.05) is 315 Å². The third kappa shape index (κ3) is 12.0. The minimum Gasteiger partial charge on any atom is -0.456 e. The highest BCUT2D eigenvalue weighted by Crippen LogP contribution is 2.50. The molecule has 21 aromatic carbocycles. The molecule has 0 bridgehead atoms. The first-order chi connectivity index (χ1) is 66.4. The Hall–Kier alpha value is -17.8. The SMILES string of the molecule is c1ccc(-c2ccc(-c3nc(-c4ccc5oc6ccccc6c5c4)nc(-c4ccc(-n5c6cc7ccccc7cc6c6ccc7ccccc7c65)c5oc6ccccc6c45)n3)cc2)cc1.c1ccc(-c2ccc(-c3nc(-c4cccc5c4sc4ccccc45)nc(-c4ccc(-n5c6cc7ccccc7cc6c6c7ccccc7ccc65)c5oc6cc7ccccc7cc6c45)n3)cc2)cc1. The van der Waals surface area contributed by atoms with Crippen LogP contribution in [0.15, 0.2) is 438 Å². The van der Waals surface area contributed by atoms with Crippen LogP contribution in [0.5, 0.6) is 0 Å². The molecule has 8 aromatic heterocycles. The Balaban J connectivity index is 0.000000134. The second kappa shape index (κ2) is 29.9. The van der Waals surface area contributed by atoms with Gasteiger partial charge in [0.1, 0.15) is 22.3 Å². The maximum absolute atomic E-state index is 7.24. The Morgan fingerprint density at radius 3 is 1.26 bits per heavy atom. The fourth-order valence-corrected chi connectivity index (χ4v) is 21.9. The number of hydrogen-bond donors (Lipinski definition) is 0. The van der Waals surface area contributed by atoms with Crippen molar-refractivity contribution in [3.8, 4) is 102 Å². The van der Waals surface area contributed by atoms with Gasteiger partial charge in [-0.05, 0) is 180 Å². The minimum absolute atomic E-state index is 0.552. The average molecular weight is 1730 g/mol. The Morgan fingerprint density at radius 2 is 0.619 bits per heavy atom. The fourth-order valence-electron chi connectivity index (χ4n) is 20.7. The molecule has 0 fully saturated rings. The summed E-state index contributed by atoms with van der Waals surface area (Å²) in [4.78, 5) is 32.1. The molecule has 0 radical (unpaired) electrons. The van der Waals surface area contributed by atoms with Crippen molar-refractivity contribution in [1.82, 2.24) is 39.0 Å². The predicted octanol–water partition coefficient (Wildman–Crippen LogP) is 33.1. The molecule has 11 nitrogen and oxygen atoms in total. The maximum atomic E-state index is 7.24. The van der Waals surface area contributed by atoms with Crippen molar-refractivity contribution in [2.45, 2.75) is 0 Å². The molecule has 0 aliphatic rings. The Bertz CT molecular complexity index is 9980. The number of furan rings is 3. The summed E-state index contributed by atoms with van der Waals surface area (Å²) in [5.74, 6) is 3.49. The molecule has 622 valence electrons. The van der Waals surface area contributed by atoms with Crippen LogP contribution in [-0.4, -0.2) is 39.0 Å². The topological polar surface area (TPSA) is 127 Å². The summed E-state index contributed by atoms with van der Waals surface area (Å²) < 4.78 is 27.7. The van der Waals surface area contributed by atoms with E-state index in [1.165, 1.54) is 80.1 Å². The zero-order valence-electron chi connectivity index (χ0n) is 71.6. The van der Waals surface area contributed by atoms with E-state index in [0.29, 0.717) is 34.9 Å². The highest BCUT2D eigenvalue weighted by molar-refractivity contribution is 7.26. The predicted molar refractivity (Wildman–Crippen MR) is 554 cm³/mol. The van der Waals surface area contributed by atoms with Crippen LogP contribution >= 0.6 is 11.3 Å². The monoisotopic (exact) mass is 1730 g/mol. The number of benzene rings is 21. The van der Waals surface area contributed by atoms with Crippen LogP contribution in [0.25, 0.3) is 285 Å². The molecule has 12 heteroatoms. The molecule has 0 spiro atoms. The standard InChI is InChI=1S/C63H36N4OS.C59H34N4O2/c1-2-13-37(14-3-1)38-25-27-40(28-26-38)61-64-62(66-63(65-61)49-23-12-22-47-46-21-10-11-24-56(46)69-60(47)49)48-30-32-53(59-58(48)51-34-42-17-5-7-19-44(42)36-55(51)68-59)67-52-31-29-39-15-8-9-20-45(39)57(52)50-33-41-16-4-6-18-43(41)35-54(50)67;1-2-12-35(13-3-1)36-22-24-38(25-23-36)57-60-58(41-27-31-53-48(33-41)43-18-8-10-20-51(43)64-53)62-59(61-57)46-29-30-49(56-54(46)45-19-9-11-21-52(45)65-56)63-50-34-40-16-5-4-15-39(40)32-47(50)44-28-26-37-14-6-7-17-42(37)55(44)63/h1-36H;1-34H. The molecule has 0 amide bonds. The number of thiophene rings is 1. The zero-order valence-corrected chi connectivity index (χ0v) is 72.4. The van der Waals surface area contributed by atoms with Crippen molar-refractivity contribution in [2.75, 3.05) is 0 Å². The van der Waals surface area contributed by atoms with Gasteiger partial charge in [0.2, 0.25) is 0 Å². The van der Waals surface area contributed by atoms with Gasteiger partial charge in [-0.2, -0.15) is 0 Å². The molecule has 0 aliphatic heterocycles. The van der Waals surface area contributed by atoms with Crippen LogP contribution in [0.3, 0.4) is 0 Å². The van der Waals surface area contributed by atoms with Gasteiger partial charge in [-0.15, -0.1) is 11.3 Å². The lowest BCUT2D eigenvalue weighted by Gasteiger charge is -2.13. The summed E-state index contributed by atoms with van der Waals surface area (Å²) in [6.07, 6.45) is 0. The Kier molecular flexibility index (Phi) is 16.8. The van der Waals surface area contributed by atoms with E-state index in [0.717, 1.165) is 170 Å². The third-order valence-corrected chi connectivity index (χ3v) is 28.2. The number of nitrogens with zero attached hydrogens (tertiary/aromatic N) is 8. The van der Waals surface area contributed by atoms with Gasteiger partial charge in [0.05, 0.1) is 33.4 Å². The van der Waals surface area contributed by atoms with Crippen molar-refractivity contribution in [1.29, 1.82) is 0 Å². The van der Waals surface area contributed by atoms with E-state index in [1.54, 1.807) is 11.3 Å². The number of fused-ring (bicyclic) bond motifs is 25. The molecule has 0 N–H and O–H groups in total. The van der Waals surface area contributed by atoms with Gasteiger partial charge in [0.25, 0.3) is 0 Å². The van der Waals surface area contributed by atoms with Crippen molar-refractivity contribution in [2.24, 2.45) is 0 Å². The Morgan fingerprint density at radius 1 is 0.194 bits per heavy atom. The normalized spacial score (nSPS) is 12.0. The number of hydrogen-bond acceptors (Lipinski definition) is 10. The van der Waals surface area contributed by atoms with Crippen LogP contribution < -0.4 is 0 Å². The first kappa shape index (κ1) is 75.2. The fraction of sp³-hybridized carbons (Fsp3) is 0. The molecular formula is C122H70N8O3S. The lowest BCUT2D eigenvalue weighted by molar-refractivity contribution is 0.666. The van der Waals surface area contributed by atoms with Crippen molar-refractivity contribution in [3.05, 3.63) is 425 Å². The molecule has 29 aromatic rings. The molecule has 0 saturated heterocycles. The van der Waals surface area contributed by atoms with Crippen molar-refractivity contribution < 1.29 is 13.3 Å². The summed E-state index contributed by atoms with van der Waals surface area (Å²) in [6, 6.07) is 150. The minimum atomic E-state index is 0.552. The largest absolute Gasteiger partial charge is 0.456 e. The summed E-state index contributed by atoms with van der Waals surface area (Å²) >= 11 is 1.78. The first-order valence-electron chi connectivity index (χ1n) is 45.1. The van der Waals surface area contributed by atoms with Gasteiger partial charge < -0.3 is 22.4 Å². The quantitative estimate of drug-likeness (QED) is 0.131. The molecule has 0 aliphatic carbocycles. The van der Waals surface area contributed by atoms with E-state index in [9.17, 15) is 0 Å². The number of para-hydroxylation sites is 2. The molecule has 29 rings (SSSR count). The number of rotatable bonds is 10.